The van der Waals surface area contributed by atoms with Crippen LogP contribution < -0.4 is 5.32 Å². The Morgan fingerprint density at radius 3 is 2.84 bits per heavy atom. The zero-order valence-corrected chi connectivity index (χ0v) is 12.2. The van der Waals surface area contributed by atoms with Gasteiger partial charge in [0.25, 0.3) is 0 Å². The van der Waals surface area contributed by atoms with E-state index in [-0.39, 0.29) is 0 Å². The van der Waals surface area contributed by atoms with Crippen molar-refractivity contribution in [3.8, 4) is 11.3 Å². The Labute approximate surface area is 118 Å². The van der Waals surface area contributed by atoms with Gasteiger partial charge in [0.15, 0.2) is 0 Å². The molecule has 0 amide bonds. The van der Waals surface area contributed by atoms with Crippen LogP contribution in [-0.2, 0) is 11.3 Å². The highest BCUT2D eigenvalue weighted by molar-refractivity contribution is 7.09. The zero-order valence-electron chi connectivity index (χ0n) is 11.4. The quantitative estimate of drug-likeness (QED) is 0.842. The fraction of sp³-hybridized carbons (Fsp3) is 0.400. The Morgan fingerprint density at radius 2 is 2.11 bits per heavy atom. The summed E-state index contributed by atoms with van der Waals surface area (Å²) in [6.07, 6.45) is 1.02. The van der Waals surface area contributed by atoms with Crippen LogP contribution >= 0.6 is 11.3 Å². The largest absolute Gasteiger partial charge is 0.385 e. The molecule has 1 aromatic heterocycles. The molecule has 3 nitrogen and oxygen atoms in total. The van der Waals surface area contributed by atoms with E-state index in [1.54, 1.807) is 18.4 Å². The summed E-state index contributed by atoms with van der Waals surface area (Å²) in [6.45, 7) is 3.79. The number of aromatic nitrogens is 1. The second kappa shape index (κ2) is 7.38. The van der Waals surface area contributed by atoms with Gasteiger partial charge >= 0.3 is 0 Å². The average Bonchev–Trinajstić information content (AvgIpc) is 2.93. The molecular formula is C15H20N2OS. The molecule has 0 spiro atoms. The Balaban J connectivity index is 1.88. The van der Waals surface area contributed by atoms with Gasteiger partial charge in [0.1, 0.15) is 5.01 Å². The minimum Gasteiger partial charge on any atom is -0.385 e. The van der Waals surface area contributed by atoms with Crippen molar-refractivity contribution in [2.45, 2.75) is 25.9 Å². The minimum absolute atomic E-state index is 0.448. The second-order valence-electron chi connectivity index (χ2n) is 4.56. The van der Waals surface area contributed by atoms with Crippen LogP contribution in [0.2, 0.25) is 0 Å². The van der Waals surface area contributed by atoms with Gasteiger partial charge in [-0.25, -0.2) is 4.98 Å². The number of ether oxygens (including phenoxy) is 1. The Bertz CT molecular complexity index is 484. The van der Waals surface area contributed by atoms with Gasteiger partial charge in [0.05, 0.1) is 5.69 Å². The van der Waals surface area contributed by atoms with Crippen LogP contribution in [0.25, 0.3) is 11.3 Å². The molecule has 19 heavy (non-hydrogen) atoms. The van der Waals surface area contributed by atoms with Crippen LogP contribution in [0.4, 0.5) is 0 Å². The molecule has 0 saturated heterocycles. The Kier molecular flexibility index (Phi) is 5.51. The van der Waals surface area contributed by atoms with E-state index in [1.807, 2.05) is 18.2 Å². The third-order valence-electron chi connectivity index (χ3n) is 2.98. The normalized spacial score (nSPS) is 12.5. The van der Waals surface area contributed by atoms with E-state index < -0.39 is 0 Å². The molecule has 0 fully saturated rings. The summed E-state index contributed by atoms with van der Waals surface area (Å²) in [5, 5.41) is 6.71. The summed E-state index contributed by atoms with van der Waals surface area (Å²) in [7, 11) is 1.74. The Hall–Kier alpha value is -1.23. The number of nitrogens with zero attached hydrogens (tertiary/aromatic N) is 1. The van der Waals surface area contributed by atoms with E-state index in [2.05, 4.69) is 34.7 Å². The summed E-state index contributed by atoms with van der Waals surface area (Å²) in [5.74, 6) is 0. The fourth-order valence-electron chi connectivity index (χ4n) is 1.79. The van der Waals surface area contributed by atoms with Crippen molar-refractivity contribution in [2.75, 3.05) is 13.7 Å². The second-order valence-corrected chi connectivity index (χ2v) is 5.50. The lowest BCUT2D eigenvalue weighted by Crippen LogP contribution is -2.26. The van der Waals surface area contributed by atoms with Gasteiger partial charge in [0, 0.05) is 37.2 Å². The van der Waals surface area contributed by atoms with Crippen molar-refractivity contribution < 1.29 is 4.74 Å². The maximum absolute atomic E-state index is 5.07. The molecule has 1 atom stereocenters. The third-order valence-corrected chi connectivity index (χ3v) is 3.83. The van der Waals surface area contributed by atoms with E-state index in [0.717, 1.165) is 30.3 Å². The van der Waals surface area contributed by atoms with E-state index in [4.69, 9.17) is 4.74 Å². The molecule has 0 aliphatic rings. The highest BCUT2D eigenvalue weighted by Crippen LogP contribution is 2.21. The van der Waals surface area contributed by atoms with Crippen molar-refractivity contribution in [3.63, 3.8) is 0 Å². The maximum Gasteiger partial charge on any atom is 0.107 e. The van der Waals surface area contributed by atoms with Gasteiger partial charge in [-0.1, -0.05) is 30.3 Å². The summed E-state index contributed by atoms with van der Waals surface area (Å²) >= 11 is 1.71. The van der Waals surface area contributed by atoms with Crippen molar-refractivity contribution in [1.82, 2.24) is 10.3 Å². The van der Waals surface area contributed by atoms with Gasteiger partial charge < -0.3 is 10.1 Å². The summed E-state index contributed by atoms with van der Waals surface area (Å²) in [4.78, 5) is 4.66. The van der Waals surface area contributed by atoms with Crippen molar-refractivity contribution in [2.24, 2.45) is 0 Å². The molecule has 1 aromatic carbocycles. The first-order valence-corrected chi connectivity index (χ1v) is 7.39. The van der Waals surface area contributed by atoms with Crippen LogP contribution in [0.15, 0.2) is 35.7 Å². The number of benzene rings is 1. The highest BCUT2D eigenvalue weighted by Gasteiger charge is 2.06. The number of rotatable bonds is 7. The molecule has 1 unspecified atom stereocenters. The number of thiazole rings is 1. The molecule has 0 aliphatic carbocycles. The predicted molar refractivity (Wildman–Crippen MR) is 80.3 cm³/mol. The van der Waals surface area contributed by atoms with Crippen molar-refractivity contribution in [3.05, 3.63) is 40.7 Å². The molecular weight excluding hydrogens is 256 g/mol. The smallest absolute Gasteiger partial charge is 0.107 e. The third kappa shape index (κ3) is 4.42. The number of hydrogen-bond donors (Lipinski definition) is 1. The summed E-state index contributed by atoms with van der Waals surface area (Å²) in [6, 6.07) is 10.7. The van der Waals surface area contributed by atoms with Crippen LogP contribution in [0.5, 0.6) is 0 Å². The van der Waals surface area contributed by atoms with Gasteiger partial charge in [-0.2, -0.15) is 0 Å². The molecule has 1 N–H and O–H groups in total. The number of hydrogen-bond acceptors (Lipinski definition) is 4. The molecule has 2 rings (SSSR count). The topological polar surface area (TPSA) is 34.1 Å². The highest BCUT2D eigenvalue weighted by atomic mass is 32.1. The lowest BCUT2D eigenvalue weighted by atomic mass is 10.2. The minimum atomic E-state index is 0.448. The van der Waals surface area contributed by atoms with Crippen LogP contribution in [0.3, 0.4) is 0 Å². The fourth-order valence-corrected chi connectivity index (χ4v) is 2.55. The van der Waals surface area contributed by atoms with Crippen molar-refractivity contribution in [1.29, 1.82) is 0 Å². The first kappa shape index (κ1) is 14.2. The predicted octanol–water partition coefficient (Wildman–Crippen LogP) is 3.32. The molecule has 1 heterocycles. The van der Waals surface area contributed by atoms with E-state index in [9.17, 15) is 0 Å². The van der Waals surface area contributed by atoms with Gasteiger partial charge in [0.2, 0.25) is 0 Å². The maximum atomic E-state index is 5.07. The molecule has 0 bridgehead atoms. The first-order chi connectivity index (χ1) is 9.29. The molecule has 0 aliphatic heterocycles. The monoisotopic (exact) mass is 276 g/mol. The van der Waals surface area contributed by atoms with Gasteiger partial charge in [-0.15, -0.1) is 11.3 Å². The van der Waals surface area contributed by atoms with Crippen LogP contribution in [0, 0.1) is 0 Å². The average molecular weight is 276 g/mol. The standard InChI is InChI=1S/C15H20N2OS/c1-12(8-9-18-2)16-10-15-17-14(11-19-15)13-6-4-3-5-7-13/h3-7,11-12,16H,8-10H2,1-2H3. The van der Waals surface area contributed by atoms with E-state index in [0.29, 0.717) is 6.04 Å². The molecule has 102 valence electrons. The van der Waals surface area contributed by atoms with E-state index >= 15 is 0 Å². The van der Waals surface area contributed by atoms with Crippen LogP contribution in [0.1, 0.15) is 18.4 Å². The molecule has 2 aromatic rings. The SMILES string of the molecule is COCCC(C)NCc1nc(-c2ccccc2)cs1. The summed E-state index contributed by atoms with van der Waals surface area (Å²) in [5.41, 5.74) is 2.24. The zero-order chi connectivity index (χ0) is 13.5. The summed E-state index contributed by atoms with van der Waals surface area (Å²) < 4.78 is 5.07. The lowest BCUT2D eigenvalue weighted by molar-refractivity contribution is 0.184. The molecule has 0 radical (unpaired) electrons. The van der Waals surface area contributed by atoms with Gasteiger partial charge in [-0.3, -0.25) is 0 Å². The van der Waals surface area contributed by atoms with Crippen LogP contribution in [-0.4, -0.2) is 24.7 Å². The number of nitrogens with one attached hydrogen (secondary N) is 1. The van der Waals surface area contributed by atoms with Gasteiger partial charge in [-0.05, 0) is 13.3 Å². The first-order valence-electron chi connectivity index (χ1n) is 6.51. The molecule has 4 heteroatoms. The Morgan fingerprint density at radius 1 is 1.32 bits per heavy atom. The van der Waals surface area contributed by atoms with E-state index in [1.165, 1.54) is 5.56 Å². The van der Waals surface area contributed by atoms with Crippen molar-refractivity contribution >= 4 is 11.3 Å². The lowest BCUT2D eigenvalue weighted by Gasteiger charge is -2.11. The number of methoxy groups -OCH3 is 1. The molecule has 0 saturated carbocycles.